The monoisotopic (exact) mass is 331 g/mol. The summed E-state index contributed by atoms with van der Waals surface area (Å²) in [7, 11) is 2.00. The van der Waals surface area contributed by atoms with E-state index in [0.29, 0.717) is 31.2 Å². The molecule has 8 heteroatoms. The number of aromatic nitrogens is 3. The molecular weight excluding hydrogens is 310 g/mol. The lowest BCUT2D eigenvalue weighted by molar-refractivity contribution is 0.122. The van der Waals surface area contributed by atoms with Crippen LogP contribution in [0.1, 0.15) is 13.3 Å². The molecule has 2 rings (SSSR count). The molecule has 0 saturated carbocycles. The van der Waals surface area contributed by atoms with Crippen LogP contribution < -0.4 is 9.80 Å². The molecule has 1 aliphatic rings. The van der Waals surface area contributed by atoms with Gasteiger partial charge in [-0.25, -0.2) is 0 Å². The van der Waals surface area contributed by atoms with Crippen molar-refractivity contribution in [1.29, 1.82) is 0 Å². The summed E-state index contributed by atoms with van der Waals surface area (Å²) in [6.45, 7) is 5.12. The Kier molecular flexibility index (Phi) is 6.32. The average molecular weight is 332 g/mol. The average Bonchev–Trinajstić information content (AvgIpc) is 2.52. The molecule has 1 saturated heterocycles. The van der Waals surface area contributed by atoms with Gasteiger partial charge in [-0.1, -0.05) is 0 Å². The molecule has 1 aromatic heterocycles. The summed E-state index contributed by atoms with van der Waals surface area (Å²) in [6.07, 6.45) is 3.19. The molecule has 0 aliphatic carbocycles. The molecule has 0 amide bonds. The predicted octanol–water partition coefficient (Wildman–Crippen LogP) is 1.94. The molecule has 1 unspecified atom stereocenters. The fourth-order valence-electron chi connectivity index (χ4n) is 2.07. The van der Waals surface area contributed by atoms with E-state index in [1.807, 2.05) is 18.8 Å². The van der Waals surface area contributed by atoms with Gasteiger partial charge in [0.1, 0.15) is 0 Å². The van der Waals surface area contributed by atoms with E-state index in [4.69, 9.17) is 16.3 Å². The topological polar surface area (TPSA) is 54.4 Å². The molecule has 1 aliphatic heterocycles. The first-order valence-corrected chi connectivity index (χ1v) is 8.85. The third kappa shape index (κ3) is 4.59. The number of anilines is 2. The van der Waals surface area contributed by atoms with Crippen LogP contribution in [-0.4, -0.2) is 66.4 Å². The highest BCUT2D eigenvalue weighted by Gasteiger charge is 2.19. The van der Waals surface area contributed by atoms with Gasteiger partial charge in [0.15, 0.2) is 0 Å². The minimum absolute atomic E-state index is 0.241. The molecule has 0 radical (unpaired) electrons. The Hall–Kier alpha value is -0.790. The zero-order chi connectivity index (χ0) is 15.2. The van der Waals surface area contributed by atoms with Crippen molar-refractivity contribution >= 4 is 35.3 Å². The molecule has 0 aromatic carbocycles. The smallest absolute Gasteiger partial charge is 0.231 e. The molecule has 0 spiro atoms. The summed E-state index contributed by atoms with van der Waals surface area (Å²) in [6, 6.07) is 0.355. The van der Waals surface area contributed by atoms with Crippen molar-refractivity contribution in [2.45, 2.75) is 19.4 Å². The number of ether oxygens (including phenoxy) is 1. The number of halogens is 1. The van der Waals surface area contributed by atoms with Crippen LogP contribution in [0.25, 0.3) is 0 Å². The van der Waals surface area contributed by atoms with Gasteiger partial charge in [0.25, 0.3) is 0 Å². The molecule has 1 aromatic rings. The number of thioether (sulfide) groups is 1. The van der Waals surface area contributed by atoms with Gasteiger partial charge in [0.05, 0.1) is 13.2 Å². The highest BCUT2D eigenvalue weighted by atomic mass is 35.5. The normalized spacial score (nSPS) is 16.9. The van der Waals surface area contributed by atoms with Crippen LogP contribution in [0.4, 0.5) is 11.9 Å². The first kappa shape index (κ1) is 16.6. The maximum absolute atomic E-state index is 6.07. The Morgan fingerprint density at radius 2 is 2.05 bits per heavy atom. The van der Waals surface area contributed by atoms with Crippen LogP contribution in [0.2, 0.25) is 5.28 Å². The maximum Gasteiger partial charge on any atom is 0.231 e. The zero-order valence-electron chi connectivity index (χ0n) is 12.8. The maximum atomic E-state index is 6.07. The highest BCUT2D eigenvalue weighted by Crippen LogP contribution is 2.19. The van der Waals surface area contributed by atoms with E-state index < -0.39 is 0 Å². The standard InChI is InChI=1S/C13H22ClN5OS/c1-10(4-9-21-3)18(2)12-15-11(14)16-13(17-12)19-5-7-20-8-6-19/h10H,4-9H2,1-3H3. The van der Waals surface area contributed by atoms with Gasteiger partial charge in [-0.2, -0.15) is 26.7 Å². The van der Waals surface area contributed by atoms with Crippen molar-refractivity contribution < 1.29 is 4.74 Å². The molecule has 6 nitrogen and oxygen atoms in total. The van der Waals surface area contributed by atoms with Crippen molar-refractivity contribution in [1.82, 2.24) is 15.0 Å². The molecule has 118 valence electrons. The lowest BCUT2D eigenvalue weighted by atomic mass is 10.2. The Morgan fingerprint density at radius 3 is 2.71 bits per heavy atom. The van der Waals surface area contributed by atoms with Gasteiger partial charge in [0.2, 0.25) is 17.2 Å². The van der Waals surface area contributed by atoms with Crippen LogP contribution in [0.3, 0.4) is 0 Å². The first-order valence-electron chi connectivity index (χ1n) is 7.08. The summed E-state index contributed by atoms with van der Waals surface area (Å²) in [4.78, 5) is 17.2. The van der Waals surface area contributed by atoms with Gasteiger partial charge in [0, 0.05) is 26.2 Å². The summed E-state index contributed by atoms with van der Waals surface area (Å²) in [5.41, 5.74) is 0. The zero-order valence-corrected chi connectivity index (χ0v) is 14.3. The Balaban J connectivity index is 2.13. The van der Waals surface area contributed by atoms with Crippen molar-refractivity contribution in [2.75, 3.05) is 55.2 Å². The second kappa shape index (κ2) is 8.00. The number of hydrogen-bond acceptors (Lipinski definition) is 7. The van der Waals surface area contributed by atoms with Gasteiger partial charge >= 0.3 is 0 Å². The van der Waals surface area contributed by atoms with E-state index in [9.17, 15) is 0 Å². The van der Waals surface area contributed by atoms with E-state index in [1.54, 1.807) is 0 Å². The van der Waals surface area contributed by atoms with Crippen LogP contribution >= 0.6 is 23.4 Å². The third-order valence-corrected chi connectivity index (χ3v) is 4.41. The largest absolute Gasteiger partial charge is 0.378 e. The molecule has 2 heterocycles. The van der Waals surface area contributed by atoms with E-state index in [2.05, 4.69) is 37.9 Å². The summed E-state index contributed by atoms with van der Waals surface area (Å²) in [5.74, 6) is 2.38. The van der Waals surface area contributed by atoms with Gasteiger partial charge in [-0.3, -0.25) is 0 Å². The predicted molar refractivity (Wildman–Crippen MR) is 88.7 cm³/mol. The Labute approximate surface area is 135 Å². The summed E-state index contributed by atoms with van der Waals surface area (Å²) in [5, 5.41) is 0.241. The van der Waals surface area contributed by atoms with Crippen molar-refractivity contribution in [3.63, 3.8) is 0 Å². The van der Waals surface area contributed by atoms with Gasteiger partial charge in [-0.15, -0.1) is 0 Å². The number of rotatable bonds is 6. The summed E-state index contributed by atoms with van der Waals surface area (Å²) >= 11 is 7.91. The lowest BCUT2D eigenvalue weighted by Gasteiger charge is -2.29. The first-order chi connectivity index (χ1) is 10.1. The lowest BCUT2D eigenvalue weighted by Crippen LogP contribution is -2.38. The van der Waals surface area contributed by atoms with Crippen molar-refractivity contribution in [3.8, 4) is 0 Å². The fourth-order valence-corrected chi connectivity index (χ4v) is 2.80. The third-order valence-electron chi connectivity index (χ3n) is 3.59. The molecule has 21 heavy (non-hydrogen) atoms. The quantitative estimate of drug-likeness (QED) is 0.789. The molecule has 1 atom stereocenters. The molecule has 1 fully saturated rings. The van der Waals surface area contributed by atoms with Crippen molar-refractivity contribution in [3.05, 3.63) is 5.28 Å². The second-order valence-corrected chi connectivity index (χ2v) is 6.37. The summed E-state index contributed by atoms with van der Waals surface area (Å²) < 4.78 is 5.35. The van der Waals surface area contributed by atoms with E-state index >= 15 is 0 Å². The minimum atomic E-state index is 0.241. The highest BCUT2D eigenvalue weighted by molar-refractivity contribution is 7.98. The number of nitrogens with zero attached hydrogens (tertiary/aromatic N) is 5. The fraction of sp³-hybridized carbons (Fsp3) is 0.769. The van der Waals surface area contributed by atoms with E-state index in [-0.39, 0.29) is 5.28 Å². The van der Waals surface area contributed by atoms with Crippen LogP contribution in [0.15, 0.2) is 0 Å². The van der Waals surface area contributed by atoms with Crippen LogP contribution in [0, 0.1) is 0 Å². The van der Waals surface area contributed by atoms with Gasteiger partial charge in [-0.05, 0) is 37.0 Å². The second-order valence-electron chi connectivity index (χ2n) is 5.05. The molecule has 0 bridgehead atoms. The Bertz CT molecular complexity index is 458. The van der Waals surface area contributed by atoms with E-state index in [1.165, 1.54) is 0 Å². The van der Waals surface area contributed by atoms with Crippen molar-refractivity contribution in [2.24, 2.45) is 0 Å². The van der Waals surface area contributed by atoms with Crippen LogP contribution in [0.5, 0.6) is 0 Å². The molecule has 0 N–H and O–H groups in total. The van der Waals surface area contributed by atoms with Crippen LogP contribution in [-0.2, 0) is 4.74 Å². The van der Waals surface area contributed by atoms with E-state index in [0.717, 1.165) is 25.3 Å². The van der Waals surface area contributed by atoms with Gasteiger partial charge < -0.3 is 14.5 Å². The number of morpholine rings is 1. The SMILES string of the molecule is CSCCC(C)N(C)c1nc(Cl)nc(N2CCOCC2)n1. The number of hydrogen-bond donors (Lipinski definition) is 0. The Morgan fingerprint density at radius 1 is 1.33 bits per heavy atom. The minimum Gasteiger partial charge on any atom is -0.378 e. The molecular formula is C13H22ClN5OS.